The molecule has 100 valence electrons. The van der Waals surface area contributed by atoms with Gasteiger partial charge in [-0.25, -0.2) is 8.42 Å². The number of carbonyl (C=O) groups is 1. The van der Waals surface area contributed by atoms with E-state index in [9.17, 15) is 13.2 Å². The fourth-order valence-electron chi connectivity index (χ4n) is 1.17. The molecule has 0 aromatic heterocycles. The van der Waals surface area contributed by atoms with E-state index in [-0.39, 0.29) is 5.75 Å². The second-order valence-electron chi connectivity index (χ2n) is 4.30. The van der Waals surface area contributed by atoms with Gasteiger partial charge in [-0.1, -0.05) is 18.2 Å². The SMILES string of the molecule is CC(C)(C(=O)O)S(=O)(=O)CCSc1ccccc1. The molecule has 1 N–H and O–H groups in total. The molecule has 1 rings (SSSR count). The molecule has 0 aliphatic rings. The third-order valence-corrected chi connectivity index (χ3v) is 6.40. The summed E-state index contributed by atoms with van der Waals surface area (Å²) in [6, 6.07) is 9.41. The summed E-state index contributed by atoms with van der Waals surface area (Å²) in [6.07, 6.45) is 0. The summed E-state index contributed by atoms with van der Waals surface area (Å²) in [6.45, 7) is 2.44. The van der Waals surface area contributed by atoms with Crippen LogP contribution in [-0.2, 0) is 14.6 Å². The highest BCUT2D eigenvalue weighted by atomic mass is 32.2. The lowest BCUT2D eigenvalue weighted by Gasteiger charge is -2.19. The number of hydrogen-bond donors (Lipinski definition) is 1. The van der Waals surface area contributed by atoms with E-state index < -0.39 is 20.6 Å². The second kappa shape index (κ2) is 5.75. The Morgan fingerprint density at radius 1 is 1.28 bits per heavy atom. The van der Waals surface area contributed by atoms with Gasteiger partial charge in [-0.3, -0.25) is 4.79 Å². The minimum Gasteiger partial charge on any atom is -0.480 e. The van der Waals surface area contributed by atoms with E-state index in [0.717, 1.165) is 4.90 Å². The predicted octanol–water partition coefficient (Wildman–Crippen LogP) is 2.06. The van der Waals surface area contributed by atoms with E-state index in [1.807, 2.05) is 30.3 Å². The zero-order chi connectivity index (χ0) is 13.8. The summed E-state index contributed by atoms with van der Waals surface area (Å²) in [7, 11) is -3.65. The molecule has 4 nitrogen and oxygen atoms in total. The van der Waals surface area contributed by atoms with Gasteiger partial charge in [-0.15, -0.1) is 11.8 Å². The molecule has 0 saturated carbocycles. The zero-order valence-corrected chi connectivity index (χ0v) is 11.9. The fraction of sp³-hybridized carbons (Fsp3) is 0.417. The quantitative estimate of drug-likeness (QED) is 0.811. The van der Waals surface area contributed by atoms with Crippen molar-refractivity contribution in [3.05, 3.63) is 30.3 Å². The van der Waals surface area contributed by atoms with Crippen molar-refractivity contribution in [3.63, 3.8) is 0 Å². The van der Waals surface area contributed by atoms with Gasteiger partial charge in [-0.2, -0.15) is 0 Å². The van der Waals surface area contributed by atoms with Gasteiger partial charge < -0.3 is 5.11 Å². The number of sulfone groups is 1. The Hall–Kier alpha value is -1.01. The summed E-state index contributed by atoms with van der Waals surface area (Å²) in [4.78, 5) is 11.9. The highest BCUT2D eigenvalue weighted by Crippen LogP contribution is 2.22. The number of aliphatic carboxylic acids is 1. The Balaban J connectivity index is 2.61. The van der Waals surface area contributed by atoms with Gasteiger partial charge in [0.05, 0.1) is 5.75 Å². The first-order valence-corrected chi connectivity index (χ1v) is 8.05. The first-order valence-electron chi connectivity index (χ1n) is 5.41. The minimum atomic E-state index is -3.65. The van der Waals surface area contributed by atoms with E-state index in [2.05, 4.69) is 0 Å². The number of carboxylic acids is 1. The number of benzene rings is 1. The second-order valence-corrected chi connectivity index (χ2v) is 8.12. The van der Waals surface area contributed by atoms with Crippen molar-refractivity contribution < 1.29 is 18.3 Å². The van der Waals surface area contributed by atoms with Crippen LogP contribution in [-0.4, -0.2) is 35.7 Å². The normalized spacial score (nSPS) is 12.3. The molecular formula is C12H16O4S2. The monoisotopic (exact) mass is 288 g/mol. The Morgan fingerprint density at radius 2 is 1.83 bits per heavy atom. The number of carboxylic acid groups (broad SMARTS) is 1. The molecule has 0 aliphatic heterocycles. The van der Waals surface area contributed by atoms with Crippen LogP contribution in [0.15, 0.2) is 35.2 Å². The average Bonchev–Trinajstić information content (AvgIpc) is 2.29. The summed E-state index contributed by atoms with van der Waals surface area (Å²) in [5.41, 5.74) is 0. The molecular weight excluding hydrogens is 272 g/mol. The number of hydrogen-bond acceptors (Lipinski definition) is 4. The van der Waals surface area contributed by atoms with Crippen molar-refractivity contribution in [3.8, 4) is 0 Å². The van der Waals surface area contributed by atoms with Crippen molar-refractivity contribution in [2.45, 2.75) is 23.5 Å². The first-order chi connectivity index (χ1) is 8.27. The summed E-state index contributed by atoms with van der Waals surface area (Å²) < 4.78 is 22.0. The largest absolute Gasteiger partial charge is 0.480 e. The predicted molar refractivity (Wildman–Crippen MR) is 72.7 cm³/mol. The Labute approximate surface area is 111 Å². The molecule has 0 bridgehead atoms. The number of thioether (sulfide) groups is 1. The van der Waals surface area contributed by atoms with Gasteiger partial charge in [0.2, 0.25) is 0 Å². The molecule has 0 radical (unpaired) electrons. The molecule has 0 amide bonds. The molecule has 0 spiro atoms. The van der Waals surface area contributed by atoms with Crippen molar-refractivity contribution in [1.82, 2.24) is 0 Å². The van der Waals surface area contributed by atoms with Crippen LogP contribution in [0, 0.1) is 0 Å². The van der Waals surface area contributed by atoms with Crippen LogP contribution in [0.1, 0.15) is 13.8 Å². The maximum absolute atomic E-state index is 11.9. The molecule has 0 unspecified atom stereocenters. The van der Waals surface area contributed by atoms with Crippen LogP contribution < -0.4 is 0 Å². The lowest BCUT2D eigenvalue weighted by Crippen LogP contribution is -2.42. The molecule has 1 aromatic carbocycles. The maximum atomic E-state index is 11.9. The summed E-state index contributed by atoms with van der Waals surface area (Å²) >= 11 is 1.40. The topological polar surface area (TPSA) is 71.4 Å². The van der Waals surface area contributed by atoms with Crippen LogP contribution >= 0.6 is 11.8 Å². The number of rotatable bonds is 6. The third kappa shape index (κ3) is 3.49. The van der Waals surface area contributed by atoms with Gasteiger partial charge in [0.1, 0.15) is 0 Å². The van der Waals surface area contributed by atoms with Crippen molar-refractivity contribution in [2.75, 3.05) is 11.5 Å². The standard InChI is InChI=1S/C12H16O4S2/c1-12(2,11(13)14)18(15,16)9-8-17-10-6-4-3-5-7-10/h3-7H,8-9H2,1-2H3,(H,13,14). The minimum absolute atomic E-state index is 0.147. The Kier molecular flexibility index (Phi) is 4.81. The van der Waals surface area contributed by atoms with Crippen LogP contribution in [0.4, 0.5) is 0 Å². The van der Waals surface area contributed by atoms with E-state index in [0.29, 0.717) is 5.75 Å². The average molecular weight is 288 g/mol. The molecule has 0 aliphatic carbocycles. The highest BCUT2D eigenvalue weighted by Gasteiger charge is 2.41. The van der Waals surface area contributed by atoms with Gasteiger partial charge in [-0.05, 0) is 26.0 Å². The molecule has 1 aromatic rings. The lowest BCUT2D eigenvalue weighted by atomic mass is 10.2. The van der Waals surface area contributed by atoms with Crippen LogP contribution in [0.5, 0.6) is 0 Å². The van der Waals surface area contributed by atoms with E-state index in [4.69, 9.17) is 5.11 Å². The van der Waals surface area contributed by atoms with E-state index in [1.165, 1.54) is 25.6 Å². The van der Waals surface area contributed by atoms with Crippen molar-refractivity contribution in [2.24, 2.45) is 0 Å². The van der Waals surface area contributed by atoms with Crippen LogP contribution in [0.2, 0.25) is 0 Å². The lowest BCUT2D eigenvalue weighted by molar-refractivity contribution is -0.139. The third-order valence-electron chi connectivity index (χ3n) is 2.66. The van der Waals surface area contributed by atoms with Gasteiger partial charge in [0.15, 0.2) is 14.6 Å². The van der Waals surface area contributed by atoms with Gasteiger partial charge in [0, 0.05) is 10.6 Å². The van der Waals surface area contributed by atoms with Gasteiger partial charge in [0.25, 0.3) is 0 Å². The summed E-state index contributed by atoms with van der Waals surface area (Å²) in [5, 5.41) is 8.91. The molecule has 0 atom stereocenters. The van der Waals surface area contributed by atoms with E-state index in [1.54, 1.807) is 0 Å². The van der Waals surface area contributed by atoms with E-state index >= 15 is 0 Å². The van der Waals surface area contributed by atoms with Gasteiger partial charge >= 0.3 is 5.97 Å². The Morgan fingerprint density at radius 3 is 2.33 bits per heavy atom. The molecule has 18 heavy (non-hydrogen) atoms. The fourth-order valence-corrected chi connectivity index (χ4v) is 3.75. The zero-order valence-electron chi connectivity index (χ0n) is 10.3. The van der Waals surface area contributed by atoms with Crippen molar-refractivity contribution >= 4 is 27.6 Å². The smallest absolute Gasteiger partial charge is 0.324 e. The Bertz CT molecular complexity index is 506. The molecule has 0 saturated heterocycles. The molecule has 6 heteroatoms. The summed E-state index contributed by atoms with van der Waals surface area (Å²) in [5.74, 6) is -1.11. The highest BCUT2D eigenvalue weighted by molar-refractivity contribution is 8.01. The van der Waals surface area contributed by atoms with Crippen molar-refractivity contribution in [1.29, 1.82) is 0 Å². The first kappa shape index (κ1) is 15.0. The van der Waals surface area contributed by atoms with Crippen LogP contribution in [0.25, 0.3) is 0 Å². The molecule has 0 heterocycles. The van der Waals surface area contributed by atoms with Crippen LogP contribution in [0.3, 0.4) is 0 Å². The maximum Gasteiger partial charge on any atom is 0.324 e. The molecule has 0 fully saturated rings.